The molecule has 1 heterocycles. The van der Waals surface area contributed by atoms with Crippen molar-refractivity contribution in [1.29, 1.82) is 0 Å². The van der Waals surface area contributed by atoms with Crippen LogP contribution in [-0.2, 0) is 0 Å². The summed E-state index contributed by atoms with van der Waals surface area (Å²) in [7, 11) is 0. The molecule has 0 bridgehead atoms. The standard InChI is InChI=1S/C12H19ClN2/c1-3-5-12(15-7-4-2)10-6-8-14-9-11(10)13/h6,8-9,12,15H,3-5,7H2,1-2H3. The fourth-order valence-corrected chi connectivity index (χ4v) is 1.89. The predicted octanol–water partition coefficient (Wildman–Crippen LogP) is 3.58. The molecule has 15 heavy (non-hydrogen) atoms. The topological polar surface area (TPSA) is 24.9 Å². The molecule has 1 N–H and O–H groups in total. The van der Waals surface area contributed by atoms with Crippen LogP contribution >= 0.6 is 11.6 Å². The molecule has 0 aliphatic rings. The van der Waals surface area contributed by atoms with E-state index in [-0.39, 0.29) is 0 Å². The molecule has 84 valence electrons. The van der Waals surface area contributed by atoms with E-state index in [0.717, 1.165) is 30.8 Å². The van der Waals surface area contributed by atoms with Gasteiger partial charge in [0, 0.05) is 18.4 Å². The number of hydrogen-bond acceptors (Lipinski definition) is 2. The quantitative estimate of drug-likeness (QED) is 0.802. The van der Waals surface area contributed by atoms with Gasteiger partial charge in [0.25, 0.3) is 0 Å². The number of pyridine rings is 1. The summed E-state index contributed by atoms with van der Waals surface area (Å²) < 4.78 is 0. The minimum Gasteiger partial charge on any atom is -0.310 e. The van der Waals surface area contributed by atoms with E-state index in [0.29, 0.717) is 6.04 Å². The third-order valence-corrected chi connectivity index (χ3v) is 2.71. The minimum absolute atomic E-state index is 0.366. The Morgan fingerprint density at radius 3 is 2.80 bits per heavy atom. The molecule has 1 atom stereocenters. The normalized spacial score (nSPS) is 12.7. The van der Waals surface area contributed by atoms with E-state index in [1.807, 2.05) is 6.07 Å². The van der Waals surface area contributed by atoms with Crippen LogP contribution in [0.3, 0.4) is 0 Å². The molecule has 2 nitrogen and oxygen atoms in total. The molecular formula is C12H19ClN2. The van der Waals surface area contributed by atoms with Crippen molar-refractivity contribution in [1.82, 2.24) is 10.3 Å². The first-order valence-corrected chi connectivity index (χ1v) is 6.00. The van der Waals surface area contributed by atoms with Gasteiger partial charge in [-0.2, -0.15) is 0 Å². The predicted molar refractivity (Wildman–Crippen MR) is 65.2 cm³/mol. The van der Waals surface area contributed by atoms with Crippen LogP contribution in [0.2, 0.25) is 5.02 Å². The van der Waals surface area contributed by atoms with E-state index in [1.165, 1.54) is 5.56 Å². The van der Waals surface area contributed by atoms with Crippen molar-refractivity contribution in [2.45, 2.75) is 39.2 Å². The second-order valence-corrected chi connectivity index (χ2v) is 4.10. The summed E-state index contributed by atoms with van der Waals surface area (Å²) in [5.41, 5.74) is 1.17. The van der Waals surface area contributed by atoms with Gasteiger partial charge in [0.15, 0.2) is 0 Å². The molecule has 0 radical (unpaired) electrons. The fourth-order valence-electron chi connectivity index (χ4n) is 1.64. The lowest BCUT2D eigenvalue weighted by Crippen LogP contribution is -2.22. The maximum Gasteiger partial charge on any atom is 0.0637 e. The highest BCUT2D eigenvalue weighted by Crippen LogP contribution is 2.24. The van der Waals surface area contributed by atoms with Crippen molar-refractivity contribution in [3.8, 4) is 0 Å². The number of nitrogens with one attached hydrogen (secondary N) is 1. The van der Waals surface area contributed by atoms with Crippen molar-refractivity contribution in [3.63, 3.8) is 0 Å². The van der Waals surface area contributed by atoms with E-state index in [1.54, 1.807) is 12.4 Å². The van der Waals surface area contributed by atoms with Crippen molar-refractivity contribution >= 4 is 11.6 Å². The van der Waals surface area contributed by atoms with Gasteiger partial charge in [0.1, 0.15) is 0 Å². The Morgan fingerprint density at radius 2 is 2.20 bits per heavy atom. The van der Waals surface area contributed by atoms with E-state index in [9.17, 15) is 0 Å². The molecule has 0 aliphatic carbocycles. The van der Waals surface area contributed by atoms with Gasteiger partial charge in [0.05, 0.1) is 5.02 Å². The molecule has 0 amide bonds. The third-order valence-electron chi connectivity index (χ3n) is 2.40. The Morgan fingerprint density at radius 1 is 1.40 bits per heavy atom. The molecule has 1 rings (SSSR count). The van der Waals surface area contributed by atoms with E-state index >= 15 is 0 Å². The summed E-state index contributed by atoms with van der Waals surface area (Å²) >= 11 is 6.13. The lowest BCUT2D eigenvalue weighted by Gasteiger charge is -2.19. The number of halogens is 1. The van der Waals surface area contributed by atoms with Crippen molar-refractivity contribution in [2.24, 2.45) is 0 Å². The van der Waals surface area contributed by atoms with Gasteiger partial charge < -0.3 is 5.32 Å². The highest BCUT2D eigenvalue weighted by molar-refractivity contribution is 6.31. The zero-order valence-electron chi connectivity index (χ0n) is 9.46. The zero-order valence-corrected chi connectivity index (χ0v) is 10.2. The highest BCUT2D eigenvalue weighted by Gasteiger charge is 2.12. The molecule has 1 unspecified atom stereocenters. The number of nitrogens with zero attached hydrogens (tertiary/aromatic N) is 1. The van der Waals surface area contributed by atoms with Gasteiger partial charge in [0.2, 0.25) is 0 Å². The van der Waals surface area contributed by atoms with Crippen LogP contribution in [0.5, 0.6) is 0 Å². The monoisotopic (exact) mass is 226 g/mol. The molecule has 0 aliphatic heterocycles. The van der Waals surface area contributed by atoms with Gasteiger partial charge in [-0.05, 0) is 31.0 Å². The largest absolute Gasteiger partial charge is 0.310 e. The molecule has 1 aromatic heterocycles. The fraction of sp³-hybridized carbons (Fsp3) is 0.583. The molecule has 1 aromatic rings. The average Bonchev–Trinajstić information content (AvgIpc) is 2.25. The van der Waals surface area contributed by atoms with Crippen LogP contribution in [0.1, 0.15) is 44.7 Å². The maximum atomic E-state index is 6.13. The first kappa shape index (κ1) is 12.5. The first-order valence-electron chi connectivity index (χ1n) is 5.62. The van der Waals surface area contributed by atoms with Crippen LogP contribution in [0, 0.1) is 0 Å². The average molecular weight is 227 g/mol. The molecule has 0 aromatic carbocycles. The highest BCUT2D eigenvalue weighted by atomic mass is 35.5. The zero-order chi connectivity index (χ0) is 11.1. The SMILES string of the molecule is CCCNC(CCC)c1ccncc1Cl. The first-order chi connectivity index (χ1) is 7.29. The number of aromatic nitrogens is 1. The Balaban J connectivity index is 2.74. The Kier molecular flexibility index (Phi) is 5.66. The summed E-state index contributed by atoms with van der Waals surface area (Å²) in [5, 5.41) is 4.28. The summed E-state index contributed by atoms with van der Waals surface area (Å²) in [4.78, 5) is 4.01. The van der Waals surface area contributed by atoms with Gasteiger partial charge in [-0.15, -0.1) is 0 Å². The van der Waals surface area contributed by atoms with Crippen LogP contribution in [-0.4, -0.2) is 11.5 Å². The third kappa shape index (κ3) is 3.80. The summed E-state index contributed by atoms with van der Waals surface area (Å²) in [6, 6.07) is 2.37. The van der Waals surface area contributed by atoms with Crippen molar-refractivity contribution < 1.29 is 0 Å². The number of hydrogen-bond donors (Lipinski definition) is 1. The number of rotatable bonds is 6. The lowest BCUT2D eigenvalue weighted by atomic mass is 10.0. The Hall–Kier alpha value is -0.600. The molecule has 0 spiro atoms. The van der Waals surface area contributed by atoms with E-state index < -0.39 is 0 Å². The second kappa shape index (κ2) is 6.81. The maximum absolute atomic E-state index is 6.13. The second-order valence-electron chi connectivity index (χ2n) is 3.69. The lowest BCUT2D eigenvalue weighted by molar-refractivity contribution is 0.494. The van der Waals surface area contributed by atoms with Gasteiger partial charge >= 0.3 is 0 Å². The van der Waals surface area contributed by atoms with E-state index in [4.69, 9.17) is 11.6 Å². The summed E-state index contributed by atoms with van der Waals surface area (Å²) in [6.07, 6.45) is 6.93. The van der Waals surface area contributed by atoms with Crippen LogP contribution in [0.25, 0.3) is 0 Å². The van der Waals surface area contributed by atoms with Gasteiger partial charge in [-0.25, -0.2) is 0 Å². The Labute approximate surface area is 97.1 Å². The van der Waals surface area contributed by atoms with Gasteiger partial charge in [-0.1, -0.05) is 31.9 Å². The minimum atomic E-state index is 0.366. The van der Waals surface area contributed by atoms with Gasteiger partial charge in [-0.3, -0.25) is 4.98 Å². The molecule has 0 saturated carbocycles. The van der Waals surface area contributed by atoms with Crippen LogP contribution in [0.4, 0.5) is 0 Å². The molecule has 0 saturated heterocycles. The van der Waals surface area contributed by atoms with Crippen molar-refractivity contribution in [3.05, 3.63) is 29.0 Å². The molecule has 3 heteroatoms. The summed E-state index contributed by atoms with van der Waals surface area (Å²) in [5.74, 6) is 0. The van der Waals surface area contributed by atoms with Crippen LogP contribution in [0.15, 0.2) is 18.5 Å². The molecular weight excluding hydrogens is 208 g/mol. The Bertz CT molecular complexity index is 289. The van der Waals surface area contributed by atoms with Crippen molar-refractivity contribution in [2.75, 3.05) is 6.54 Å². The van der Waals surface area contributed by atoms with E-state index in [2.05, 4.69) is 24.1 Å². The summed E-state index contributed by atoms with van der Waals surface area (Å²) in [6.45, 7) is 5.39. The molecule has 0 fully saturated rings. The van der Waals surface area contributed by atoms with Crippen LogP contribution < -0.4 is 5.32 Å². The smallest absolute Gasteiger partial charge is 0.0637 e.